The Hall–Kier alpha value is -2.10. The highest BCUT2D eigenvalue weighted by Crippen LogP contribution is 2.10. The van der Waals surface area contributed by atoms with Gasteiger partial charge in [0.25, 0.3) is 0 Å². The summed E-state index contributed by atoms with van der Waals surface area (Å²) in [7, 11) is 3.93. The Kier molecular flexibility index (Phi) is 3.77. The number of hydrogen-bond acceptors (Lipinski definition) is 4. The van der Waals surface area contributed by atoms with Gasteiger partial charge in [0, 0.05) is 26.8 Å². The predicted octanol–water partition coefficient (Wildman–Crippen LogP) is 2.46. The van der Waals surface area contributed by atoms with Crippen LogP contribution in [0.15, 0.2) is 36.5 Å². The van der Waals surface area contributed by atoms with E-state index < -0.39 is 0 Å². The van der Waals surface area contributed by atoms with Crippen molar-refractivity contribution >= 4 is 11.8 Å². The number of aromatic nitrogens is 2. The minimum atomic E-state index is 0.654. The van der Waals surface area contributed by atoms with Gasteiger partial charge in [-0.3, -0.25) is 0 Å². The van der Waals surface area contributed by atoms with Gasteiger partial charge < -0.3 is 10.2 Å². The first kappa shape index (κ1) is 12.4. The monoisotopic (exact) mass is 242 g/mol. The Morgan fingerprint density at radius 1 is 1.11 bits per heavy atom. The van der Waals surface area contributed by atoms with Gasteiger partial charge in [-0.25, -0.2) is 4.98 Å². The molecule has 0 aliphatic heterocycles. The zero-order chi connectivity index (χ0) is 13.0. The first-order chi connectivity index (χ1) is 8.65. The van der Waals surface area contributed by atoms with Gasteiger partial charge in [-0.15, -0.1) is 0 Å². The van der Waals surface area contributed by atoms with Gasteiger partial charge in [0.05, 0.1) is 0 Å². The van der Waals surface area contributed by atoms with E-state index in [4.69, 9.17) is 0 Å². The molecule has 1 heterocycles. The Balaban J connectivity index is 2.01. The maximum Gasteiger partial charge on any atom is 0.224 e. The molecule has 0 atom stereocenters. The molecule has 0 saturated carbocycles. The second-order valence-electron chi connectivity index (χ2n) is 4.47. The second-order valence-corrected chi connectivity index (χ2v) is 4.47. The Bertz CT molecular complexity index is 505. The summed E-state index contributed by atoms with van der Waals surface area (Å²) in [6.45, 7) is 2.82. The van der Waals surface area contributed by atoms with Crippen LogP contribution in [0.25, 0.3) is 0 Å². The van der Waals surface area contributed by atoms with E-state index in [1.165, 1.54) is 11.1 Å². The summed E-state index contributed by atoms with van der Waals surface area (Å²) in [5.74, 6) is 1.55. The van der Waals surface area contributed by atoms with Crippen LogP contribution in [-0.4, -0.2) is 24.1 Å². The smallest absolute Gasteiger partial charge is 0.224 e. The quantitative estimate of drug-likeness (QED) is 0.894. The van der Waals surface area contributed by atoms with Crippen LogP contribution in [0.1, 0.15) is 11.1 Å². The van der Waals surface area contributed by atoms with Crippen LogP contribution < -0.4 is 10.2 Å². The number of rotatable bonds is 4. The molecule has 0 spiro atoms. The first-order valence-corrected chi connectivity index (χ1v) is 5.95. The third-order valence-electron chi connectivity index (χ3n) is 2.67. The number of nitrogens with zero attached hydrogens (tertiary/aromatic N) is 3. The predicted molar refractivity (Wildman–Crippen MR) is 74.9 cm³/mol. The van der Waals surface area contributed by atoms with E-state index in [-0.39, 0.29) is 0 Å². The lowest BCUT2D eigenvalue weighted by Gasteiger charge is -2.12. The Labute approximate surface area is 108 Å². The number of benzene rings is 1. The highest BCUT2D eigenvalue weighted by Gasteiger charge is 2.00. The van der Waals surface area contributed by atoms with Gasteiger partial charge in [-0.2, -0.15) is 4.98 Å². The largest absolute Gasteiger partial charge is 0.363 e. The van der Waals surface area contributed by atoms with Gasteiger partial charge in [0.1, 0.15) is 5.82 Å². The van der Waals surface area contributed by atoms with E-state index in [1.54, 1.807) is 6.20 Å². The van der Waals surface area contributed by atoms with Gasteiger partial charge in [-0.1, -0.05) is 29.8 Å². The summed E-state index contributed by atoms with van der Waals surface area (Å²) in [4.78, 5) is 10.6. The molecular weight excluding hydrogens is 224 g/mol. The van der Waals surface area contributed by atoms with Crippen LogP contribution in [0, 0.1) is 6.92 Å². The van der Waals surface area contributed by atoms with Crippen molar-refractivity contribution in [1.29, 1.82) is 0 Å². The molecule has 2 rings (SSSR count). The molecule has 0 fully saturated rings. The highest BCUT2D eigenvalue weighted by molar-refractivity contribution is 5.41. The lowest BCUT2D eigenvalue weighted by Crippen LogP contribution is -2.12. The van der Waals surface area contributed by atoms with Crippen LogP contribution in [0.4, 0.5) is 11.8 Å². The molecule has 4 heteroatoms. The SMILES string of the molecule is Cc1ccc(CNc2nccc(N(C)C)n2)cc1. The molecule has 18 heavy (non-hydrogen) atoms. The molecular formula is C14H18N4. The fraction of sp³-hybridized carbons (Fsp3) is 0.286. The summed E-state index contributed by atoms with van der Waals surface area (Å²) < 4.78 is 0. The van der Waals surface area contributed by atoms with Crippen LogP contribution >= 0.6 is 0 Å². The van der Waals surface area contributed by atoms with Crippen LogP contribution in [0.2, 0.25) is 0 Å². The van der Waals surface area contributed by atoms with Crippen molar-refractivity contribution in [3.63, 3.8) is 0 Å². The molecule has 4 nitrogen and oxygen atoms in total. The number of anilines is 2. The highest BCUT2D eigenvalue weighted by atomic mass is 15.2. The van der Waals surface area contributed by atoms with Gasteiger partial charge in [-0.05, 0) is 18.6 Å². The van der Waals surface area contributed by atoms with Gasteiger partial charge in [0.2, 0.25) is 5.95 Å². The molecule has 0 aliphatic carbocycles. The standard InChI is InChI=1S/C14H18N4/c1-11-4-6-12(7-5-11)10-16-14-15-9-8-13(17-14)18(2)3/h4-9H,10H2,1-3H3,(H,15,16,17). The third-order valence-corrected chi connectivity index (χ3v) is 2.67. The van der Waals surface area contributed by atoms with Gasteiger partial charge in [0.15, 0.2) is 0 Å². The average molecular weight is 242 g/mol. The van der Waals surface area contributed by atoms with E-state index in [1.807, 2.05) is 25.1 Å². The number of hydrogen-bond donors (Lipinski definition) is 1. The van der Waals surface area contributed by atoms with Crippen molar-refractivity contribution in [2.45, 2.75) is 13.5 Å². The molecule has 0 radical (unpaired) electrons. The van der Waals surface area contributed by atoms with Crippen molar-refractivity contribution in [3.8, 4) is 0 Å². The molecule has 2 aromatic rings. The molecule has 0 bridgehead atoms. The van der Waals surface area contributed by atoms with E-state index in [0.717, 1.165) is 12.4 Å². The van der Waals surface area contributed by atoms with Crippen molar-refractivity contribution in [2.24, 2.45) is 0 Å². The summed E-state index contributed by atoms with van der Waals surface area (Å²) in [5, 5.41) is 3.23. The number of nitrogens with one attached hydrogen (secondary N) is 1. The Morgan fingerprint density at radius 2 is 1.83 bits per heavy atom. The maximum atomic E-state index is 4.41. The van der Waals surface area contributed by atoms with Gasteiger partial charge >= 0.3 is 0 Å². The van der Waals surface area contributed by atoms with Crippen molar-refractivity contribution in [2.75, 3.05) is 24.3 Å². The number of aryl methyl sites for hydroxylation is 1. The summed E-state index contributed by atoms with van der Waals surface area (Å²) in [6, 6.07) is 10.3. The minimum absolute atomic E-state index is 0.654. The van der Waals surface area contributed by atoms with Crippen molar-refractivity contribution in [1.82, 2.24) is 9.97 Å². The lowest BCUT2D eigenvalue weighted by atomic mass is 10.1. The van der Waals surface area contributed by atoms with Crippen LogP contribution in [0.5, 0.6) is 0 Å². The Morgan fingerprint density at radius 3 is 2.50 bits per heavy atom. The van der Waals surface area contributed by atoms with Crippen molar-refractivity contribution in [3.05, 3.63) is 47.7 Å². The van der Waals surface area contributed by atoms with E-state index in [9.17, 15) is 0 Å². The van der Waals surface area contributed by atoms with E-state index in [0.29, 0.717) is 5.95 Å². The first-order valence-electron chi connectivity index (χ1n) is 5.95. The second kappa shape index (κ2) is 5.49. The molecule has 94 valence electrons. The van der Waals surface area contributed by atoms with E-state index in [2.05, 4.69) is 46.5 Å². The van der Waals surface area contributed by atoms with E-state index >= 15 is 0 Å². The van der Waals surface area contributed by atoms with Crippen molar-refractivity contribution < 1.29 is 0 Å². The lowest BCUT2D eigenvalue weighted by molar-refractivity contribution is 1.01. The summed E-state index contributed by atoms with van der Waals surface area (Å²) in [6.07, 6.45) is 1.76. The molecule has 0 unspecified atom stereocenters. The minimum Gasteiger partial charge on any atom is -0.363 e. The zero-order valence-corrected chi connectivity index (χ0v) is 11.0. The van der Waals surface area contributed by atoms with Crippen LogP contribution in [0.3, 0.4) is 0 Å². The zero-order valence-electron chi connectivity index (χ0n) is 11.0. The summed E-state index contributed by atoms with van der Waals surface area (Å²) >= 11 is 0. The summed E-state index contributed by atoms with van der Waals surface area (Å²) in [5.41, 5.74) is 2.49. The molecule has 1 aromatic heterocycles. The maximum absolute atomic E-state index is 4.41. The third kappa shape index (κ3) is 3.20. The average Bonchev–Trinajstić information content (AvgIpc) is 2.38. The fourth-order valence-corrected chi connectivity index (χ4v) is 1.57. The topological polar surface area (TPSA) is 41.1 Å². The molecule has 1 N–H and O–H groups in total. The molecule has 0 aliphatic rings. The molecule has 0 saturated heterocycles. The molecule has 1 aromatic carbocycles. The fourth-order valence-electron chi connectivity index (χ4n) is 1.57. The van der Waals surface area contributed by atoms with Crippen LogP contribution in [-0.2, 0) is 6.54 Å². The normalized spacial score (nSPS) is 10.2. The molecule has 0 amide bonds.